The van der Waals surface area contributed by atoms with E-state index in [-0.39, 0.29) is 22.6 Å². The molecule has 2 aromatic rings. The van der Waals surface area contributed by atoms with E-state index in [4.69, 9.17) is 4.74 Å². The van der Waals surface area contributed by atoms with Crippen LogP contribution in [0, 0.1) is 0 Å². The molecule has 29 heavy (non-hydrogen) atoms. The zero-order valence-corrected chi connectivity index (χ0v) is 16.4. The summed E-state index contributed by atoms with van der Waals surface area (Å²) < 4.78 is 6.15. The van der Waals surface area contributed by atoms with Gasteiger partial charge in [-0.15, -0.1) is 0 Å². The lowest BCUT2D eigenvalue weighted by molar-refractivity contribution is -0.128. The average Bonchev–Trinajstić information content (AvgIpc) is 3.46. The summed E-state index contributed by atoms with van der Waals surface area (Å²) in [7, 11) is 0. The molecular weight excluding hydrogens is 372 g/mol. The molecule has 0 bridgehead atoms. The maximum Gasteiger partial charge on any atom is 0.263 e. The van der Waals surface area contributed by atoms with E-state index in [1.807, 2.05) is 6.20 Å². The zero-order chi connectivity index (χ0) is 19.8. The number of nitrogens with zero attached hydrogens (tertiary/aromatic N) is 4. The summed E-state index contributed by atoms with van der Waals surface area (Å²) in [6.45, 7) is 4.17. The molecule has 2 aromatic heterocycles. The van der Waals surface area contributed by atoms with Crippen molar-refractivity contribution in [1.29, 1.82) is 0 Å². The van der Waals surface area contributed by atoms with Gasteiger partial charge in [-0.2, -0.15) is 0 Å². The zero-order valence-electron chi connectivity index (χ0n) is 16.4. The molecule has 1 spiro atoms. The summed E-state index contributed by atoms with van der Waals surface area (Å²) >= 11 is 0. The van der Waals surface area contributed by atoms with E-state index in [1.165, 1.54) is 6.20 Å². The number of imidazole rings is 1. The first-order chi connectivity index (χ1) is 14.1. The van der Waals surface area contributed by atoms with Gasteiger partial charge >= 0.3 is 0 Å². The van der Waals surface area contributed by atoms with Crippen LogP contribution >= 0.6 is 0 Å². The second-order valence-electron chi connectivity index (χ2n) is 8.40. The average molecular weight is 398 g/mol. The molecule has 2 aliphatic heterocycles. The number of likely N-dealkylation sites (tertiary alicyclic amines) is 1. The Labute approximate surface area is 168 Å². The van der Waals surface area contributed by atoms with Gasteiger partial charge in [0.1, 0.15) is 11.4 Å². The smallest absolute Gasteiger partial charge is 0.263 e. The third-order valence-electron chi connectivity index (χ3n) is 6.27. The number of piperidine rings is 1. The number of amides is 1. The van der Waals surface area contributed by atoms with Crippen molar-refractivity contribution >= 4 is 5.91 Å². The largest absolute Gasteiger partial charge is 0.371 e. The number of H-pyrrole nitrogens is 2. The maximum absolute atomic E-state index is 13.0. The van der Waals surface area contributed by atoms with Gasteiger partial charge in [-0.3, -0.25) is 14.5 Å². The van der Waals surface area contributed by atoms with Crippen molar-refractivity contribution in [2.24, 2.45) is 0 Å². The molecule has 1 saturated carbocycles. The van der Waals surface area contributed by atoms with Gasteiger partial charge in [0.05, 0.1) is 25.1 Å². The molecule has 5 rings (SSSR count). The Kier molecular flexibility index (Phi) is 4.71. The van der Waals surface area contributed by atoms with Crippen LogP contribution in [-0.4, -0.2) is 74.0 Å². The van der Waals surface area contributed by atoms with Crippen LogP contribution in [0.1, 0.15) is 53.5 Å². The van der Waals surface area contributed by atoms with Gasteiger partial charge in [0.2, 0.25) is 0 Å². The van der Waals surface area contributed by atoms with Crippen molar-refractivity contribution in [3.63, 3.8) is 0 Å². The predicted molar refractivity (Wildman–Crippen MR) is 105 cm³/mol. The van der Waals surface area contributed by atoms with Crippen LogP contribution in [0.3, 0.4) is 0 Å². The molecule has 0 atom stereocenters. The first-order valence-corrected chi connectivity index (χ1v) is 10.3. The Hall–Kier alpha value is -2.52. The van der Waals surface area contributed by atoms with Gasteiger partial charge in [0, 0.05) is 50.2 Å². The Morgan fingerprint density at radius 1 is 1.24 bits per heavy atom. The highest BCUT2D eigenvalue weighted by Crippen LogP contribution is 2.37. The van der Waals surface area contributed by atoms with Crippen molar-refractivity contribution in [1.82, 2.24) is 29.7 Å². The fourth-order valence-corrected chi connectivity index (χ4v) is 4.35. The quantitative estimate of drug-likeness (QED) is 0.792. The van der Waals surface area contributed by atoms with Gasteiger partial charge in [0.25, 0.3) is 11.5 Å². The third-order valence-corrected chi connectivity index (χ3v) is 6.27. The molecule has 9 heteroatoms. The molecule has 1 amide bonds. The number of aromatic amines is 2. The number of carbonyl (C=O) groups excluding carboxylic acids is 1. The number of ether oxygens (including phenoxy) is 1. The minimum atomic E-state index is -0.332. The topological polar surface area (TPSA) is 107 Å². The second-order valence-corrected chi connectivity index (χ2v) is 8.40. The molecule has 0 unspecified atom stereocenters. The Morgan fingerprint density at radius 2 is 2.07 bits per heavy atom. The van der Waals surface area contributed by atoms with Gasteiger partial charge in [-0.05, 0) is 25.7 Å². The van der Waals surface area contributed by atoms with E-state index >= 15 is 0 Å². The van der Waals surface area contributed by atoms with Crippen LogP contribution < -0.4 is 5.56 Å². The number of carbonyl (C=O) groups is 1. The molecule has 3 fully saturated rings. The molecule has 0 aromatic carbocycles. The molecule has 4 heterocycles. The molecule has 9 nitrogen and oxygen atoms in total. The van der Waals surface area contributed by atoms with Crippen molar-refractivity contribution in [3.05, 3.63) is 46.2 Å². The summed E-state index contributed by atoms with van der Waals surface area (Å²) in [5.74, 6) is 0.809. The van der Waals surface area contributed by atoms with Crippen LogP contribution in [0.5, 0.6) is 0 Å². The monoisotopic (exact) mass is 398 g/mol. The fourth-order valence-electron chi connectivity index (χ4n) is 4.35. The van der Waals surface area contributed by atoms with Gasteiger partial charge < -0.3 is 19.6 Å². The lowest BCUT2D eigenvalue weighted by atomic mass is 9.89. The summed E-state index contributed by atoms with van der Waals surface area (Å²) in [6.07, 6.45) is 8.83. The first kappa shape index (κ1) is 18.5. The standard InChI is InChI=1S/C20H26N6O3/c27-18-16(10-22-17(24-18)14-1-2-14)19(28)26-7-8-29-20(12-26)3-5-25(6-4-20)11-15-9-21-13-23-15/h9-10,13-14H,1-8,11-12H2,(H,21,23)(H,22,24,27). The minimum absolute atomic E-state index is 0.128. The first-order valence-electron chi connectivity index (χ1n) is 10.3. The van der Waals surface area contributed by atoms with E-state index in [0.29, 0.717) is 31.4 Å². The summed E-state index contributed by atoms with van der Waals surface area (Å²) in [5.41, 5.74) is 0.570. The van der Waals surface area contributed by atoms with E-state index in [9.17, 15) is 9.59 Å². The van der Waals surface area contributed by atoms with Crippen molar-refractivity contribution < 1.29 is 9.53 Å². The molecule has 2 saturated heterocycles. The molecule has 1 aliphatic carbocycles. The summed E-state index contributed by atoms with van der Waals surface area (Å²) in [5, 5.41) is 0. The normalized spacial score (nSPS) is 22.1. The van der Waals surface area contributed by atoms with E-state index in [2.05, 4.69) is 24.8 Å². The van der Waals surface area contributed by atoms with Crippen LogP contribution in [0.25, 0.3) is 0 Å². The highest BCUT2D eigenvalue weighted by Gasteiger charge is 2.41. The van der Waals surface area contributed by atoms with Crippen molar-refractivity contribution in [2.75, 3.05) is 32.8 Å². The maximum atomic E-state index is 13.0. The lowest BCUT2D eigenvalue weighted by Crippen LogP contribution is -2.58. The van der Waals surface area contributed by atoms with Gasteiger partial charge in [-0.25, -0.2) is 9.97 Å². The minimum Gasteiger partial charge on any atom is -0.371 e. The van der Waals surface area contributed by atoms with Crippen molar-refractivity contribution in [2.45, 2.75) is 43.7 Å². The number of hydrogen-bond acceptors (Lipinski definition) is 6. The lowest BCUT2D eigenvalue weighted by Gasteiger charge is -2.47. The van der Waals surface area contributed by atoms with E-state index in [0.717, 1.165) is 51.0 Å². The number of morpholine rings is 1. The van der Waals surface area contributed by atoms with Crippen LogP contribution in [0.4, 0.5) is 0 Å². The summed E-state index contributed by atoms with van der Waals surface area (Å²) in [6, 6.07) is 0. The molecular formula is C20H26N6O3. The number of hydrogen-bond donors (Lipinski definition) is 2. The summed E-state index contributed by atoms with van der Waals surface area (Å²) in [4.78, 5) is 43.9. The van der Waals surface area contributed by atoms with Gasteiger partial charge in [-0.1, -0.05) is 0 Å². The number of aromatic nitrogens is 4. The molecule has 3 aliphatic rings. The number of nitrogens with one attached hydrogen (secondary N) is 2. The molecule has 154 valence electrons. The highest BCUT2D eigenvalue weighted by atomic mass is 16.5. The SMILES string of the molecule is O=C(c1cnc(C2CC2)[nH]c1=O)N1CCOC2(CCN(Cc3cnc[nH]3)CC2)C1. The van der Waals surface area contributed by atoms with Crippen LogP contribution in [-0.2, 0) is 11.3 Å². The van der Waals surface area contributed by atoms with Crippen LogP contribution in [0.2, 0.25) is 0 Å². The Bertz CT molecular complexity index is 928. The third kappa shape index (κ3) is 3.84. The fraction of sp³-hybridized carbons (Fsp3) is 0.600. The number of rotatable bonds is 4. The Morgan fingerprint density at radius 3 is 2.76 bits per heavy atom. The molecule has 0 radical (unpaired) electrons. The van der Waals surface area contributed by atoms with E-state index < -0.39 is 0 Å². The van der Waals surface area contributed by atoms with E-state index in [1.54, 1.807) is 11.2 Å². The Balaban J connectivity index is 1.24. The van der Waals surface area contributed by atoms with Crippen molar-refractivity contribution in [3.8, 4) is 0 Å². The highest BCUT2D eigenvalue weighted by molar-refractivity contribution is 5.93. The van der Waals surface area contributed by atoms with Crippen LogP contribution in [0.15, 0.2) is 23.5 Å². The van der Waals surface area contributed by atoms with Gasteiger partial charge in [0.15, 0.2) is 0 Å². The molecule has 2 N–H and O–H groups in total. The second kappa shape index (κ2) is 7.38. The predicted octanol–water partition coefficient (Wildman–Crippen LogP) is 0.878.